The van der Waals surface area contributed by atoms with E-state index in [4.69, 9.17) is 9.15 Å². The van der Waals surface area contributed by atoms with Gasteiger partial charge >= 0.3 is 5.97 Å². The Kier molecular flexibility index (Phi) is 4.60. The molecule has 22 heavy (non-hydrogen) atoms. The third-order valence-electron chi connectivity index (χ3n) is 3.03. The van der Waals surface area contributed by atoms with Crippen LogP contribution in [0.15, 0.2) is 34.7 Å². The molecule has 0 saturated carbocycles. The largest absolute Gasteiger partial charge is 0.466 e. The molecule has 0 aliphatic heterocycles. The van der Waals surface area contributed by atoms with Crippen LogP contribution in [0.4, 0.5) is 10.1 Å². The zero-order valence-corrected chi connectivity index (χ0v) is 12.5. The van der Waals surface area contributed by atoms with Gasteiger partial charge in [-0.25, -0.2) is 9.18 Å². The number of amides is 1. The summed E-state index contributed by atoms with van der Waals surface area (Å²) in [4.78, 5) is 23.9. The van der Waals surface area contributed by atoms with Gasteiger partial charge in [0, 0.05) is 5.69 Å². The molecule has 1 amide bonds. The fourth-order valence-corrected chi connectivity index (χ4v) is 1.89. The molecule has 1 heterocycles. The SMILES string of the molecule is Cc1cc(C(=O)O[C@@H](C)C(=O)Nc2ccc(F)cc2)c(C)o1. The number of nitrogens with one attached hydrogen (secondary N) is 1. The van der Waals surface area contributed by atoms with Crippen LogP contribution in [0.2, 0.25) is 0 Å². The first-order chi connectivity index (χ1) is 10.4. The van der Waals surface area contributed by atoms with Gasteiger partial charge in [-0.3, -0.25) is 4.79 Å². The Bertz CT molecular complexity index is 691. The highest BCUT2D eigenvalue weighted by molar-refractivity contribution is 5.97. The van der Waals surface area contributed by atoms with Gasteiger partial charge < -0.3 is 14.5 Å². The molecule has 0 bridgehead atoms. The highest BCUT2D eigenvalue weighted by atomic mass is 19.1. The standard InChI is InChI=1S/C16H16FNO4/c1-9-8-14(10(2)21-9)16(20)22-11(3)15(19)18-13-6-4-12(17)5-7-13/h4-8,11H,1-3H3,(H,18,19)/t11-/m0/s1. The highest BCUT2D eigenvalue weighted by Crippen LogP contribution is 2.16. The molecule has 116 valence electrons. The van der Waals surface area contributed by atoms with Crippen molar-refractivity contribution in [1.29, 1.82) is 0 Å². The topological polar surface area (TPSA) is 68.5 Å². The molecular weight excluding hydrogens is 289 g/mol. The second-order valence-electron chi connectivity index (χ2n) is 4.87. The molecule has 0 spiro atoms. The first-order valence-corrected chi connectivity index (χ1v) is 6.71. The van der Waals surface area contributed by atoms with Gasteiger partial charge in [0.05, 0.1) is 0 Å². The van der Waals surface area contributed by atoms with Crippen molar-refractivity contribution in [1.82, 2.24) is 0 Å². The summed E-state index contributed by atoms with van der Waals surface area (Å²) < 4.78 is 23.1. The van der Waals surface area contributed by atoms with Crippen molar-refractivity contribution in [3.8, 4) is 0 Å². The quantitative estimate of drug-likeness (QED) is 0.881. The minimum atomic E-state index is -0.993. The molecule has 0 aliphatic rings. The van der Waals surface area contributed by atoms with E-state index in [1.165, 1.54) is 31.2 Å². The zero-order valence-electron chi connectivity index (χ0n) is 12.5. The lowest BCUT2D eigenvalue weighted by molar-refractivity contribution is -0.123. The van der Waals surface area contributed by atoms with Crippen LogP contribution in [0, 0.1) is 19.7 Å². The molecule has 2 aromatic rings. The Labute approximate surface area is 127 Å². The van der Waals surface area contributed by atoms with Gasteiger partial charge in [0.15, 0.2) is 6.10 Å². The van der Waals surface area contributed by atoms with Crippen molar-refractivity contribution in [2.24, 2.45) is 0 Å². The number of rotatable bonds is 4. The second-order valence-corrected chi connectivity index (χ2v) is 4.87. The molecular formula is C16H16FNO4. The van der Waals surface area contributed by atoms with E-state index in [1.807, 2.05) is 0 Å². The fourth-order valence-electron chi connectivity index (χ4n) is 1.89. The number of carbonyl (C=O) groups excluding carboxylic acids is 2. The molecule has 5 nitrogen and oxygen atoms in total. The van der Waals surface area contributed by atoms with Gasteiger partial charge in [-0.1, -0.05) is 0 Å². The van der Waals surface area contributed by atoms with Gasteiger partial charge in [-0.05, 0) is 51.1 Å². The van der Waals surface area contributed by atoms with Crippen molar-refractivity contribution in [2.75, 3.05) is 5.32 Å². The molecule has 0 unspecified atom stereocenters. The molecule has 0 radical (unpaired) electrons. The fraction of sp³-hybridized carbons (Fsp3) is 0.250. The Hall–Kier alpha value is -2.63. The molecule has 1 N–H and O–H groups in total. The van der Waals surface area contributed by atoms with Crippen molar-refractivity contribution in [3.63, 3.8) is 0 Å². The van der Waals surface area contributed by atoms with E-state index < -0.39 is 23.8 Å². The molecule has 0 saturated heterocycles. The summed E-state index contributed by atoms with van der Waals surface area (Å²) in [5.74, 6) is -0.501. The lowest BCUT2D eigenvalue weighted by Gasteiger charge is -2.13. The molecule has 1 aromatic heterocycles. The summed E-state index contributed by atoms with van der Waals surface area (Å²) in [7, 11) is 0. The predicted octanol–water partition coefficient (Wildman–Crippen LogP) is 3.22. The third-order valence-corrected chi connectivity index (χ3v) is 3.03. The van der Waals surface area contributed by atoms with Gasteiger partial charge in [-0.15, -0.1) is 0 Å². The van der Waals surface area contributed by atoms with Crippen LogP contribution in [0.1, 0.15) is 28.8 Å². The number of hydrogen-bond acceptors (Lipinski definition) is 4. The number of furan rings is 1. The van der Waals surface area contributed by atoms with Crippen LogP contribution in [0.25, 0.3) is 0 Å². The van der Waals surface area contributed by atoms with E-state index in [2.05, 4.69) is 5.32 Å². The summed E-state index contributed by atoms with van der Waals surface area (Å²) >= 11 is 0. The van der Waals surface area contributed by atoms with E-state index in [0.29, 0.717) is 22.8 Å². The van der Waals surface area contributed by atoms with Crippen LogP contribution >= 0.6 is 0 Å². The van der Waals surface area contributed by atoms with Crippen LogP contribution < -0.4 is 5.32 Å². The number of benzene rings is 1. The minimum absolute atomic E-state index is 0.291. The smallest absolute Gasteiger partial charge is 0.342 e. The summed E-state index contributed by atoms with van der Waals surface area (Å²) in [6.07, 6.45) is -0.993. The maximum atomic E-state index is 12.8. The molecule has 0 fully saturated rings. The summed E-state index contributed by atoms with van der Waals surface area (Å²) in [6.45, 7) is 4.82. The molecule has 0 aliphatic carbocycles. The van der Waals surface area contributed by atoms with E-state index in [-0.39, 0.29) is 0 Å². The maximum Gasteiger partial charge on any atom is 0.342 e. The molecule has 1 aromatic carbocycles. The van der Waals surface area contributed by atoms with Gasteiger partial charge in [-0.2, -0.15) is 0 Å². The van der Waals surface area contributed by atoms with Crippen LogP contribution in [0.5, 0.6) is 0 Å². The third kappa shape index (κ3) is 3.72. The number of hydrogen-bond donors (Lipinski definition) is 1. The number of esters is 1. The number of aryl methyl sites for hydroxylation is 2. The number of halogens is 1. The summed E-state index contributed by atoms with van der Waals surface area (Å²) in [6, 6.07) is 6.85. The number of anilines is 1. The lowest BCUT2D eigenvalue weighted by atomic mass is 10.2. The predicted molar refractivity (Wildman–Crippen MR) is 78.1 cm³/mol. The minimum Gasteiger partial charge on any atom is -0.466 e. The van der Waals surface area contributed by atoms with Crippen LogP contribution in [0.3, 0.4) is 0 Å². The lowest BCUT2D eigenvalue weighted by Crippen LogP contribution is -2.30. The monoisotopic (exact) mass is 305 g/mol. The van der Waals surface area contributed by atoms with Crippen molar-refractivity contribution >= 4 is 17.6 Å². The second kappa shape index (κ2) is 6.43. The van der Waals surface area contributed by atoms with E-state index in [1.54, 1.807) is 19.9 Å². The Morgan fingerprint density at radius 2 is 1.86 bits per heavy atom. The first-order valence-electron chi connectivity index (χ1n) is 6.71. The first kappa shape index (κ1) is 15.8. The number of ether oxygens (including phenoxy) is 1. The molecule has 2 rings (SSSR count). The van der Waals surface area contributed by atoms with Gasteiger partial charge in [0.2, 0.25) is 0 Å². The maximum absolute atomic E-state index is 12.8. The Balaban J connectivity index is 1.97. The number of carbonyl (C=O) groups is 2. The normalized spacial score (nSPS) is 11.8. The highest BCUT2D eigenvalue weighted by Gasteiger charge is 2.22. The summed E-state index contributed by atoms with van der Waals surface area (Å²) in [5, 5.41) is 2.54. The Morgan fingerprint density at radius 1 is 1.23 bits per heavy atom. The average molecular weight is 305 g/mol. The van der Waals surface area contributed by atoms with Gasteiger partial charge in [0.1, 0.15) is 22.9 Å². The Morgan fingerprint density at radius 3 is 2.41 bits per heavy atom. The van der Waals surface area contributed by atoms with E-state index >= 15 is 0 Å². The van der Waals surface area contributed by atoms with E-state index in [9.17, 15) is 14.0 Å². The average Bonchev–Trinajstić information content (AvgIpc) is 2.80. The van der Waals surface area contributed by atoms with Crippen molar-refractivity contribution in [2.45, 2.75) is 26.9 Å². The molecule has 6 heteroatoms. The van der Waals surface area contributed by atoms with Crippen LogP contribution in [-0.2, 0) is 9.53 Å². The van der Waals surface area contributed by atoms with Crippen molar-refractivity contribution in [3.05, 3.63) is 53.2 Å². The van der Waals surface area contributed by atoms with E-state index in [0.717, 1.165) is 0 Å². The zero-order chi connectivity index (χ0) is 16.3. The van der Waals surface area contributed by atoms with Crippen molar-refractivity contribution < 1.29 is 23.1 Å². The van der Waals surface area contributed by atoms with Gasteiger partial charge in [0.25, 0.3) is 5.91 Å². The summed E-state index contributed by atoms with van der Waals surface area (Å²) in [5.41, 5.74) is 0.712. The van der Waals surface area contributed by atoms with Crippen LogP contribution in [-0.4, -0.2) is 18.0 Å². The molecule has 1 atom stereocenters.